The molecule has 0 saturated carbocycles. The molecule has 1 aliphatic rings. The van der Waals surface area contributed by atoms with Crippen LogP contribution in [0.3, 0.4) is 0 Å². The number of hydrogen-bond donors (Lipinski definition) is 1. The zero-order chi connectivity index (χ0) is 16.9. The molecular formula is C16H21NO5S. The Hall–Kier alpha value is -1.89. The van der Waals surface area contributed by atoms with Crippen LogP contribution in [0.2, 0.25) is 0 Å². The van der Waals surface area contributed by atoms with Crippen LogP contribution < -0.4 is 0 Å². The topological polar surface area (TPSA) is 91.8 Å². The zero-order valence-corrected chi connectivity index (χ0v) is 13.7. The molecule has 0 radical (unpaired) electrons. The molecule has 1 aromatic carbocycles. The van der Waals surface area contributed by atoms with E-state index in [1.165, 1.54) is 4.90 Å². The van der Waals surface area contributed by atoms with Crippen LogP contribution in [0.1, 0.15) is 24.8 Å². The van der Waals surface area contributed by atoms with E-state index in [4.69, 9.17) is 5.11 Å². The summed E-state index contributed by atoms with van der Waals surface area (Å²) in [6, 6.07) is 8.66. The standard InChI is InChI=1S/C16H21NO5S/c18-15(17-10-4-9-14(17)16(19)20)12-23(21,22)11-5-8-13-6-2-1-3-7-13/h1-3,6-7,14H,4-5,8-12H2,(H,19,20). The number of amides is 1. The summed E-state index contributed by atoms with van der Waals surface area (Å²) in [5, 5.41) is 9.06. The first kappa shape index (κ1) is 17.5. The minimum absolute atomic E-state index is 0.0702. The lowest BCUT2D eigenvalue weighted by Crippen LogP contribution is -2.43. The summed E-state index contributed by atoms with van der Waals surface area (Å²) in [5.74, 6) is -2.35. The first-order valence-corrected chi connectivity index (χ1v) is 9.48. The zero-order valence-electron chi connectivity index (χ0n) is 12.8. The lowest BCUT2D eigenvalue weighted by Gasteiger charge is -2.21. The molecule has 0 aliphatic carbocycles. The third-order valence-corrected chi connectivity index (χ3v) is 5.56. The van der Waals surface area contributed by atoms with Crippen molar-refractivity contribution in [1.82, 2.24) is 4.90 Å². The first-order chi connectivity index (χ1) is 10.9. The van der Waals surface area contributed by atoms with Crippen LogP contribution in [-0.4, -0.2) is 54.4 Å². The van der Waals surface area contributed by atoms with E-state index in [2.05, 4.69) is 0 Å². The van der Waals surface area contributed by atoms with Gasteiger partial charge < -0.3 is 10.0 Å². The SMILES string of the molecule is O=C(O)C1CCCN1C(=O)CS(=O)(=O)CCCc1ccccc1. The molecule has 0 aromatic heterocycles. The van der Waals surface area contributed by atoms with Gasteiger partial charge in [0.15, 0.2) is 9.84 Å². The lowest BCUT2D eigenvalue weighted by molar-refractivity contribution is -0.147. The van der Waals surface area contributed by atoms with Gasteiger partial charge in [0.05, 0.1) is 5.75 Å². The number of aliphatic carboxylic acids is 1. The smallest absolute Gasteiger partial charge is 0.326 e. The number of carboxylic acid groups (broad SMARTS) is 1. The second-order valence-corrected chi connectivity index (χ2v) is 7.95. The van der Waals surface area contributed by atoms with Crippen LogP contribution in [0, 0.1) is 0 Å². The number of carboxylic acids is 1. The summed E-state index contributed by atoms with van der Waals surface area (Å²) < 4.78 is 24.1. The molecule has 23 heavy (non-hydrogen) atoms. The second kappa shape index (κ2) is 7.59. The quantitative estimate of drug-likeness (QED) is 0.803. The first-order valence-electron chi connectivity index (χ1n) is 7.66. The van der Waals surface area contributed by atoms with Crippen LogP contribution in [0.25, 0.3) is 0 Å². The molecule has 1 saturated heterocycles. The molecule has 0 spiro atoms. The van der Waals surface area contributed by atoms with Crippen LogP contribution in [0.15, 0.2) is 30.3 Å². The Morgan fingerprint density at radius 3 is 2.57 bits per heavy atom. The molecule has 1 unspecified atom stereocenters. The van der Waals surface area contributed by atoms with Gasteiger partial charge in [0, 0.05) is 6.54 Å². The molecule has 1 aromatic rings. The van der Waals surface area contributed by atoms with Gasteiger partial charge in [-0.3, -0.25) is 4.79 Å². The van der Waals surface area contributed by atoms with Crippen molar-refractivity contribution < 1.29 is 23.1 Å². The summed E-state index contributed by atoms with van der Waals surface area (Å²) in [6.07, 6.45) is 2.06. The molecule has 1 aliphatic heterocycles. The summed E-state index contributed by atoms with van der Waals surface area (Å²) in [5.41, 5.74) is 1.06. The number of hydrogen-bond acceptors (Lipinski definition) is 4. The number of aryl methyl sites for hydroxylation is 1. The summed E-state index contributed by atoms with van der Waals surface area (Å²) in [4.78, 5) is 24.3. The molecule has 2 rings (SSSR count). The van der Waals surface area contributed by atoms with E-state index in [-0.39, 0.29) is 5.75 Å². The van der Waals surface area contributed by atoms with Gasteiger partial charge in [0.1, 0.15) is 11.8 Å². The Kier molecular flexibility index (Phi) is 5.76. The number of likely N-dealkylation sites (tertiary alicyclic amines) is 1. The molecule has 7 heteroatoms. The maximum absolute atomic E-state index is 12.1. The highest BCUT2D eigenvalue weighted by Crippen LogP contribution is 2.18. The Bertz CT molecular complexity index is 656. The van der Waals surface area contributed by atoms with Crippen LogP contribution >= 0.6 is 0 Å². The van der Waals surface area contributed by atoms with Crippen molar-refractivity contribution in [2.45, 2.75) is 31.7 Å². The molecule has 1 amide bonds. The maximum atomic E-state index is 12.1. The number of carbonyl (C=O) groups excluding carboxylic acids is 1. The second-order valence-electron chi connectivity index (χ2n) is 5.76. The summed E-state index contributed by atoms with van der Waals surface area (Å²) in [6.45, 7) is 0.315. The molecular weight excluding hydrogens is 318 g/mol. The molecule has 1 heterocycles. The average Bonchev–Trinajstić information content (AvgIpc) is 2.97. The summed E-state index contributed by atoms with van der Waals surface area (Å²) in [7, 11) is -3.52. The number of sulfone groups is 1. The molecule has 1 fully saturated rings. The van der Waals surface area contributed by atoms with Crippen molar-refractivity contribution in [2.24, 2.45) is 0 Å². The number of nitrogens with zero attached hydrogens (tertiary/aromatic N) is 1. The molecule has 6 nitrogen and oxygen atoms in total. The summed E-state index contributed by atoms with van der Waals surface area (Å²) >= 11 is 0. The Morgan fingerprint density at radius 1 is 1.22 bits per heavy atom. The highest BCUT2D eigenvalue weighted by atomic mass is 32.2. The van der Waals surface area contributed by atoms with Crippen molar-refractivity contribution in [1.29, 1.82) is 0 Å². The van der Waals surface area contributed by atoms with E-state index < -0.39 is 33.5 Å². The fraction of sp³-hybridized carbons (Fsp3) is 0.500. The van der Waals surface area contributed by atoms with E-state index in [9.17, 15) is 18.0 Å². The predicted octanol–water partition coefficient (Wildman–Crippen LogP) is 1.11. The van der Waals surface area contributed by atoms with Crippen LogP contribution in [0.4, 0.5) is 0 Å². The van der Waals surface area contributed by atoms with Gasteiger partial charge in [-0.25, -0.2) is 13.2 Å². The molecule has 1 atom stereocenters. The highest BCUT2D eigenvalue weighted by molar-refractivity contribution is 7.92. The Balaban J connectivity index is 1.85. The predicted molar refractivity (Wildman–Crippen MR) is 85.8 cm³/mol. The van der Waals surface area contributed by atoms with Gasteiger partial charge >= 0.3 is 5.97 Å². The van der Waals surface area contributed by atoms with Crippen LogP contribution in [0.5, 0.6) is 0 Å². The maximum Gasteiger partial charge on any atom is 0.326 e. The van der Waals surface area contributed by atoms with E-state index in [1.807, 2.05) is 30.3 Å². The van der Waals surface area contributed by atoms with Crippen molar-refractivity contribution in [3.05, 3.63) is 35.9 Å². The van der Waals surface area contributed by atoms with Crippen LogP contribution in [-0.2, 0) is 25.8 Å². The molecule has 0 bridgehead atoms. The Morgan fingerprint density at radius 2 is 1.91 bits per heavy atom. The van der Waals surface area contributed by atoms with Crippen molar-refractivity contribution in [3.8, 4) is 0 Å². The van der Waals surface area contributed by atoms with Gasteiger partial charge in [-0.1, -0.05) is 30.3 Å². The fourth-order valence-electron chi connectivity index (χ4n) is 2.81. The third-order valence-electron chi connectivity index (χ3n) is 3.97. The number of benzene rings is 1. The number of carbonyl (C=O) groups is 2. The fourth-order valence-corrected chi connectivity index (χ4v) is 4.08. The monoisotopic (exact) mass is 339 g/mol. The molecule has 1 N–H and O–H groups in total. The van der Waals surface area contributed by atoms with E-state index in [0.29, 0.717) is 32.2 Å². The van der Waals surface area contributed by atoms with Crippen molar-refractivity contribution in [2.75, 3.05) is 18.1 Å². The van der Waals surface area contributed by atoms with Crippen molar-refractivity contribution in [3.63, 3.8) is 0 Å². The highest BCUT2D eigenvalue weighted by Gasteiger charge is 2.35. The largest absolute Gasteiger partial charge is 0.480 e. The van der Waals surface area contributed by atoms with Gasteiger partial charge in [-0.2, -0.15) is 0 Å². The van der Waals surface area contributed by atoms with Crippen molar-refractivity contribution >= 4 is 21.7 Å². The third kappa shape index (κ3) is 5.06. The van der Waals surface area contributed by atoms with Gasteiger partial charge in [-0.15, -0.1) is 0 Å². The normalized spacial score (nSPS) is 18.1. The minimum atomic E-state index is -3.52. The van der Waals surface area contributed by atoms with Gasteiger partial charge in [-0.05, 0) is 31.2 Å². The average molecular weight is 339 g/mol. The number of rotatable bonds is 7. The van der Waals surface area contributed by atoms with Gasteiger partial charge in [0.2, 0.25) is 5.91 Å². The van der Waals surface area contributed by atoms with E-state index >= 15 is 0 Å². The van der Waals surface area contributed by atoms with Gasteiger partial charge in [0.25, 0.3) is 0 Å². The van der Waals surface area contributed by atoms with E-state index in [1.54, 1.807) is 0 Å². The minimum Gasteiger partial charge on any atom is -0.480 e. The Labute approximate surface area is 136 Å². The lowest BCUT2D eigenvalue weighted by atomic mass is 10.1. The molecule has 126 valence electrons. The van der Waals surface area contributed by atoms with E-state index in [0.717, 1.165) is 5.56 Å².